The van der Waals surface area contributed by atoms with Gasteiger partial charge in [0.15, 0.2) is 11.5 Å². The van der Waals surface area contributed by atoms with Crippen molar-refractivity contribution in [3.05, 3.63) is 53.6 Å². The predicted molar refractivity (Wildman–Crippen MR) is 119 cm³/mol. The van der Waals surface area contributed by atoms with Gasteiger partial charge in [-0.05, 0) is 61.7 Å². The van der Waals surface area contributed by atoms with E-state index in [1.165, 1.54) is 0 Å². The van der Waals surface area contributed by atoms with Crippen LogP contribution in [0.5, 0.6) is 11.5 Å². The summed E-state index contributed by atoms with van der Waals surface area (Å²) in [6.07, 6.45) is 1.60. The van der Waals surface area contributed by atoms with Crippen molar-refractivity contribution in [1.82, 2.24) is 4.90 Å². The van der Waals surface area contributed by atoms with Gasteiger partial charge in [0.2, 0.25) is 0 Å². The van der Waals surface area contributed by atoms with Crippen LogP contribution in [0, 0.1) is 5.92 Å². The molecule has 162 valence electrons. The standard InChI is InChI=1S/C24H32N2O4/c1-5-30-22-15-18(10-13-21(22)29-4)23(17-8-11-20(12-9-17)25(2)3)26-14-6-7-19(16-26)24(27)28/h8-13,15,19,23H,5-7,14,16H2,1-4H3,(H,27,28). The fourth-order valence-electron chi connectivity index (χ4n) is 4.14. The van der Waals surface area contributed by atoms with E-state index < -0.39 is 5.97 Å². The molecule has 3 rings (SSSR count). The first-order chi connectivity index (χ1) is 14.4. The molecule has 1 aliphatic heterocycles. The maximum absolute atomic E-state index is 11.7. The van der Waals surface area contributed by atoms with Gasteiger partial charge in [-0.1, -0.05) is 18.2 Å². The van der Waals surface area contributed by atoms with Crippen LogP contribution < -0.4 is 14.4 Å². The van der Waals surface area contributed by atoms with E-state index in [1.807, 2.05) is 33.2 Å². The van der Waals surface area contributed by atoms with Gasteiger partial charge in [-0.15, -0.1) is 0 Å². The van der Waals surface area contributed by atoms with E-state index in [1.54, 1.807) is 7.11 Å². The van der Waals surface area contributed by atoms with Crippen LogP contribution in [0.4, 0.5) is 5.69 Å². The van der Waals surface area contributed by atoms with Crippen LogP contribution in [0.1, 0.15) is 36.9 Å². The van der Waals surface area contributed by atoms with Gasteiger partial charge in [-0.25, -0.2) is 0 Å². The number of rotatable bonds is 8. The maximum Gasteiger partial charge on any atom is 0.307 e. The number of piperidine rings is 1. The van der Waals surface area contributed by atoms with Crippen LogP contribution in [-0.2, 0) is 4.79 Å². The number of aliphatic carboxylic acids is 1. The second-order valence-electron chi connectivity index (χ2n) is 7.90. The van der Waals surface area contributed by atoms with Crippen LogP contribution >= 0.6 is 0 Å². The molecule has 2 atom stereocenters. The summed E-state index contributed by atoms with van der Waals surface area (Å²) in [6.45, 7) is 3.89. The van der Waals surface area contributed by atoms with Crippen LogP contribution in [0.3, 0.4) is 0 Å². The summed E-state index contributed by atoms with van der Waals surface area (Å²) in [4.78, 5) is 16.0. The van der Waals surface area contributed by atoms with Gasteiger partial charge in [0.25, 0.3) is 0 Å². The molecule has 1 saturated heterocycles. The molecule has 6 heteroatoms. The summed E-state index contributed by atoms with van der Waals surface area (Å²) in [5, 5.41) is 9.59. The summed E-state index contributed by atoms with van der Waals surface area (Å²) < 4.78 is 11.3. The highest BCUT2D eigenvalue weighted by Crippen LogP contribution is 2.37. The normalized spacial score (nSPS) is 17.9. The molecular weight excluding hydrogens is 380 g/mol. The van der Waals surface area contributed by atoms with Crippen molar-refractivity contribution in [3.63, 3.8) is 0 Å². The van der Waals surface area contributed by atoms with Crippen molar-refractivity contribution in [2.75, 3.05) is 45.8 Å². The molecule has 1 N–H and O–H groups in total. The summed E-state index contributed by atoms with van der Waals surface area (Å²) in [6, 6.07) is 14.4. The molecule has 1 heterocycles. The van der Waals surface area contributed by atoms with Crippen LogP contribution in [0.2, 0.25) is 0 Å². The average molecular weight is 413 g/mol. The number of anilines is 1. The second kappa shape index (κ2) is 9.85. The number of hydrogen-bond donors (Lipinski definition) is 1. The lowest BCUT2D eigenvalue weighted by molar-refractivity contribution is -0.143. The highest BCUT2D eigenvalue weighted by atomic mass is 16.5. The third-order valence-corrected chi connectivity index (χ3v) is 5.70. The molecular formula is C24H32N2O4. The Bertz CT molecular complexity index is 851. The van der Waals surface area contributed by atoms with Gasteiger partial charge < -0.3 is 19.5 Å². The molecule has 0 radical (unpaired) electrons. The largest absolute Gasteiger partial charge is 0.493 e. The second-order valence-corrected chi connectivity index (χ2v) is 7.90. The van der Waals surface area contributed by atoms with Crippen molar-refractivity contribution < 1.29 is 19.4 Å². The molecule has 2 aromatic rings. The zero-order valence-corrected chi connectivity index (χ0v) is 18.3. The van der Waals surface area contributed by atoms with Gasteiger partial charge in [0.1, 0.15) is 0 Å². The Hall–Kier alpha value is -2.73. The summed E-state index contributed by atoms with van der Waals surface area (Å²) in [5.74, 6) is 0.349. The van der Waals surface area contributed by atoms with Crippen molar-refractivity contribution >= 4 is 11.7 Å². The third kappa shape index (κ3) is 4.87. The van der Waals surface area contributed by atoms with Crippen molar-refractivity contribution in [2.24, 2.45) is 5.92 Å². The molecule has 0 spiro atoms. The molecule has 0 aliphatic carbocycles. The van der Waals surface area contributed by atoms with Gasteiger partial charge >= 0.3 is 5.97 Å². The quantitative estimate of drug-likeness (QED) is 0.706. The molecule has 0 aromatic heterocycles. The molecule has 0 amide bonds. The molecule has 0 bridgehead atoms. The number of nitrogens with zero attached hydrogens (tertiary/aromatic N) is 2. The Morgan fingerprint density at radius 2 is 1.87 bits per heavy atom. The highest BCUT2D eigenvalue weighted by molar-refractivity contribution is 5.70. The molecule has 30 heavy (non-hydrogen) atoms. The van der Waals surface area contributed by atoms with E-state index in [9.17, 15) is 9.90 Å². The Morgan fingerprint density at radius 1 is 1.17 bits per heavy atom. The first-order valence-corrected chi connectivity index (χ1v) is 10.5. The van der Waals surface area contributed by atoms with Gasteiger partial charge in [0.05, 0.1) is 25.7 Å². The lowest BCUT2D eigenvalue weighted by Gasteiger charge is -2.38. The Balaban J connectivity index is 2.03. The number of carbonyl (C=O) groups is 1. The van der Waals surface area contributed by atoms with Crippen LogP contribution in [0.15, 0.2) is 42.5 Å². The van der Waals surface area contributed by atoms with E-state index >= 15 is 0 Å². The minimum atomic E-state index is -0.717. The zero-order valence-electron chi connectivity index (χ0n) is 18.3. The molecule has 1 fully saturated rings. The van der Waals surface area contributed by atoms with E-state index in [-0.39, 0.29) is 12.0 Å². The SMILES string of the molecule is CCOc1cc(C(c2ccc(N(C)C)cc2)N2CCCC(C(=O)O)C2)ccc1OC. The molecule has 2 aromatic carbocycles. The van der Waals surface area contributed by atoms with Gasteiger partial charge in [0, 0.05) is 26.3 Å². The number of methoxy groups -OCH3 is 1. The predicted octanol–water partition coefficient (Wildman–Crippen LogP) is 4.05. The summed E-state index contributed by atoms with van der Waals surface area (Å²) >= 11 is 0. The first kappa shape index (κ1) is 22.0. The highest BCUT2D eigenvalue weighted by Gasteiger charge is 2.31. The van der Waals surface area contributed by atoms with E-state index in [0.717, 1.165) is 36.2 Å². The lowest BCUT2D eigenvalue weighted by atomic mass is 9.91. The summed E-state index contributed by atoms with van der Waals surface area (Å²) in [7, 11) is 5.68. The minimum absolute atomic E-state index is 0.0477. The Kier molecular flexibility index (Phi) is 7.21. The third-order valence-electron chi connectivity index (χ3n) is 5.70. The molecule has 1 aliphatic rings. The van der Waals surface area contributed by atoms with Crippen molar-refractivity contribution in [1.29, 1.82) is 0 Å². The van der Waals surface area contributed by atoms with Crippen molar-refractivity contribution in [3.8, 4) is 11.5 Å². The topological polar surface area (TPSA) is 62.2 Å². The van der Waals surface area contributed by atoms with E-state index in [0.29, 0.717) is 24.7 Å². The number of ether oxygens (including phenoxy) is 2. The average Bonchev–Trinajstić information content (AvgIpc) is 2.75. The van der Waals surface area contributed by atoms with E-state index in [2.05, 4.69) is 40.1 Å². The number of carboxylic acids is 1. The smallest absolute Gasteiger partial charge is 0.307 e. The molecule has 2 unspecified atom stereocenters. The van der Waals surface area contributed by atoms with E-state index in [4.69, 9.17) is 9.47 Å². The van der Waals surface area contributed by atoms with Crippen molar-refractivity contribution in [2.45, 2.75) is 25.8 Å². The molecule has 0 saturated carbocycles. The Labute approximate surface area is 179 Å². The zero-order chi connectivity index (χ0) is 21.7. The summed E-state index contributed by atoms with van der Waals surface area (Å²) in [5.41, 5.74) is 3.34. The number of hydrogen-bond acceptors (Lipinski definition) is 5. The van der Waals surface area contributed by atoms with Gasteiger partial charge in [-0.3, -0.25) is 9.69 Å². The maximum atomic E-state index is 11.7. The number of benzene rings is 2. The number of carboxylic acid groups (broad SMARTS) is 1. The molecule has 6 nitrogen and oxygen atoms in total. The monoisotopic (exact) mass is 412 g/mol. The van der Waals surface area contributed by atoms with Gasteiger partial charge in [-0.2, -0.15) is 0 Å². The lowest BCUT2D eigenvalue weighted by Crippen LogP contribution is -2.41. The van der Waals surface area contributed by atoms with Crippen LogP contribution in [-0.4, -0.2) is 56.9 Å². The van der Waals surface area contributed by atoms with Crippen LogP contribution in [0.25, 0.3) is 0 Å². The number of likely N-dealkylation sites (tertiary alicyclic amines) is 1. The first-order valence-electron chi connectivity index (χ1n) is 10.5. The minimum Gasteiger partial charge on any atom is -0.493 e. The Morgan fingerprint density at radius 3 is 2.47 bits per heavy atom. The fourth-order valence-corrected chi connectivity index (χ4v) is 4.14. The fraction of sp³-hybridized carbons (Fsp3) is 0.458.